The maximum Gasteiger partial charge on any atom is 0.293 e. The molecular formula is C20H23Cl2N9O2. The SMILES string of the molecule is C/C(=N\NC(=O)c1nnn(-c2nonc2N)c1CN1CCCC[C@H]1C)c1ccc(Cl)c(Cl)c1. The van der Waals surface area contributed by atoms with Gasteiger partial charge in [0.05, 0.1) is 21.5 Å². The molecule has 1 saturated heterocycles. The van der Waals surface area contributed by atoms with Gasteiger partial charge in [0.2, 0.25) is 11.6 Å². The van der Waals surface area contributed by atoms with Gasteiger partial charge in [0.1, 0.15) is 0 Å². The number of benzene rings is 1. The smallest absolute Gasteiger partial charge is 0.293 e. The first-order chi connectivity index (χ1) is 15.8. The molecule has 1 amide bonds. The van der Waals surface area contributed by atoms with E-state index in [1.54, 1.807) is 25.1 Å². The van der Waals surface area contributed by atoms with Gasteiger partial charge in [-0.15, -0.1) is 5.10 Å². The van der Waals surface area contributed by atoms with Crippen LogP contribution < -0.4 is 11.2 Å². The number of aromatic nitrogens is 5. The van der Waals surface area contributed by atoms with Crippen molar-refractivity contribution in [1.82, 2.24) is 35.6 Å². The van der Waals surface area contributed by atoms with Crippen LogP contribution in [-0.2, 0) is 6.54 Å². The Morgan fingerprint density at radius 2 is 2.12 bits per heavy atom. The molecule has 3 heterocycles. The Morgan fingerprint density at radius 1 is 1.30 bits per heavy atom. The Hall–Kier alpha value is -3.02. The molecule has 174 valence electrons. The molecule has 1 aliphatic rings. The lowest BCUT2D eigenvalue weighted by Gasteiger charge is -2.33. The lowest BCUT2D eigenvalue weighted by molar-refractivity contribution is 0.0944. The largest absolute Gasteiger partial charge is 0.378 e. The van der Waals surface area contributed by atoms with Crippen molar-refractivity contribution in [1.29, 1.82) is 0 Å². The Morgan fingerprint density at radius 3 is 2.82 bits per heavy atom. The number of nitrogen functional groups attached to an aromatic ring is 1. The second kappa shape index (κ2) is 9.86. The van der Waals surface area contributed by atoms with Crippen LogP contribution in [0.25, 0.3) is 5.82 Å². The number of hydrogen-bond acceptors (Lipinski definition) is 9. The topological polar surface area (TPSA) is 140 Å². The summed E-state index contributed by atoms with van der Waals surface area (Å²) >= 11 is 12.0. The molecular weight excluding hydrogens is 469 g/mol. The van der Waals surface area contributed by atoms with Crippen molar-refractivity contribution in [3.05, 3.63) is 45.2 Å². The first kappa shape index (κ1) is 23.1. The summed E-state index contributed by atoms with van der Waals surface area (Å²) in [7, 11) is 0. The fourth-order valence-electron chi connectivity index (χ4n) is 3.69. The van der Waals surface area contributed by atoms with E-state index in [2.05, 4.69) is 43.0 Å². The number of piperidine rings is 1. The normalized spacial score (nSPS) is 17.3. The predicted molar refractivity (Wildman–Crippen MR) is 123 cm³/mol. The van der Waals surface area contributed by atoms with Gasteiger partial charge in [-0.25, -0.2) is 10.1 Å². The number of anilines is 1. The van der Waals surface area contributed by atoms with Crippen molar-refractivity contribution in [3.8, 4) is 5.82 Å². The molecule has 3 N–H and O–H groups in total. The van der Waals surface area contributed by atoms with Crippen LogP contribution in [0.3, 0.4) is 0 Å². The third-order valence-corrected chi connectivity index (χ3v) is 6.37. The second-order valence-corrected chi connectivity index (χ2v) is 8.67. The van der Waals surface area contributed by atoms with Crippen molar-refractivity contribution in [3.63, 3.8) is 0 Å². The molecule has 11 nitrogen and oxygen atoms in total. The lowest BCUT2D eigenvalue weighted by Crippen LogP contribution is -2.38. The number of hydrazone groups is 1. The molecule has 3 aromatic rings. The number of nitrogens with one attached hydrogen (secondary N) is 1. The second-order valence-electron chi connectivity index (χ2n) is 7.85. The summed E-state index contributed by atoms with van der Waals surface area (Å²) in [6.07, 6.45) is 3.32. The summed E-state index contributed by atoms with van der Waals surface area (Å²) in [6.45, 7) is 5.23. The highest BCUT2D eigenvalue weighted by Gasteiger charge is 2.28. The van der Waals surface area contributed by atoms with Gasteiger partial charge in [-0.1, -0.05) is 40.9 Å². The van der Waals surface area contributed by atoms with Gasteiger partial charge in [0, 0.05) is 12.6 Å². The molecule has 1 atom stereocenters. The number of hydrogen-bond donors (Lipinski definition) is 2. The van der Waals surface area contributed by atoms with Crippen molar-refractivity contribution < 1.29 is 9.42 Å². The fourth-order valence-corrected chi connectivity index (χ4v) is 3.98. The minimum absolute atomic E-state index is 0.0493. The quantitative estimate of drug-likeness (QED) is 0.395. The molecule has 2 aromatic heterocycles. The summed E-state index contributed by atoms with van der Waals surface area (Å²) in [6, 6.07) is 5.45. The standard InChI is InChI=1S/C20H23Cl2N9O2/c1-11-5-3-4-8-30(11)10-16-17(25-29-31(16)19-18(23)27-33-28-19)20(32)26-24-12(2)13-6-7-14(21)15(22)9-13/h6-7,9,11H,3-5,8,10H2,1-2H3,(H2,23,27)(H,26,32)/b24-12+/t11-/m1/s1. The molecule has 0 radical (unpaired) electrons. The molecule has 33 heavy (non-hydrogen) atoms. The van der Waals surface area contributed by atoms with Crippen LogP contribution in [0.5, 0.6) is 0 Å². The maximum atomic E-state index is 13.0. The monoisotopic (exact) mass is 491 g/mol. The Labute approximate surface area is 199 Å². The molecule has 0 spiro atoms. The Kier molecular flexibility index (Phi) is 6.91. The zero-order valence-corrected chi connectivity index (χ0v) is 19.6. The first-order valence-electron chi connectivity index (χ1n) is 10.4. The van der Waals surface area contributed by atoms with Crippen LogP contribution in [0.2, 0.25) is 10.0 Å². The van der Waals surface area contributed by atoms with Crippen LogP contribution in [0.1, 0.15) is 54.9 Å². The van der Waals surface area contributed by atoms with E-state index < -0.39 is 5.91 Å². The number of amides is 1. The van der Waals surface area contributed by atoms with Crippen molar-refractivity contribution >= 4 is 40.6 Å². The molecule has 0 aliphatic carbocycles. The fraction of sp³-hybridized carbons (Fsp3) is 0.400. The molecule has 0 unspecified atom stereocenters. The van der Waals surface area contributed by atoms with Crippen LogP contribution in [-0.4, -0.2) is 54.4 Å². The molecule has 13 heteroatoms. The van der Waals surface area contributed by atoms with Gasteiger partial charge in [-0.05, 0) is 61.2 Å². The average molecular weight is 492 g/mol. The summed E-state index contributed by atoms with van der Waals surface area (Å²) in [4.78, 5) is 15.3. The first-order valence-corrected chi connectivity index (χ1v) is 11.2. The van der Waals surface area contributed by atoms with Crippen molar-refractivity contribution in [2.75, 3.05) is 12.3 Å². The van der Waals surface area contributed by atoms with Crippen molar-refractivity contribution in [2.45, 2.75) is 45.7 Å². The van der Waals surface area contributed by atoms with Gasteiger partial charge < -0.3 is 5.73 Å². The van der Waals surface area contributed by atoms with Crippen LogP contribution in [0, 0.1) is 0 Å². The minimum Gasteiger partial charge on any atom is -0.378 e. The third-order valence-electron chi connectivity index (χ3n) is 5.63. The average Bonchev–Trinajstić information content (AvgIpc) is 3.41. The van der Waals surface area contributed by atoms with E-state index in [-0.39, 0.29) is 17.3 Å². The third kappa shape index (κ3) is 5.00. The molecule has 4 rings (SSSR count). The lowest BCUT2D eigenvalue weighted by atomic mass is 10.0. The van der Waals surface area contributed by atoms with E-state index in [1.165, 1.54) is 11.1 Å². The van der Waals surface area contributed by atoms with E-state index in [1.807, 2.05) is 0 Å². The zero-order chi connectivity index (χ0) is 23.5. The minimum atomic E-state index is -0.518. The van der Waals surface area contributed by atoms with Gasteiger partial charge >= 0.3 is 0 Å². The Balaban J connectivity index is 1.62. The molecule has 1 fully saturated rings. The zero-order valence-electron chi connectivity index (χ0n) is 18.1. The van der Waals surface area contributed by atoms with Gasteiger partial charge in [-0.2, -0.15) is 9.78 Å². The number of nitrogens with zero attached hydrogens (tertiary/aromatic N) is 7. The van der Waals surface area contributed by atoms with E-state index >= 15 is 0 Å². The molecule has 0 bridgehead atoms. The van der Waals surface area contributed by atoms with E-state index in [9.17, 15) is 4.79 Å². The van der Waals surface area contributed by atoms with Gasteiger partial charge in [0.15, 0.2) is 5.69 Å². The van der Waals surface area contributed by atoms with E-state index in [0.717, 1.165) is 24.9 Å². The number of likely N-dealkylation sites (tertiary alicyclic amines) is 1. The molecule has 1 aliphatic heterocycles. The number of carbonyl (C=O) groups excluding carboxylic acids is 1. The number of nitrogens with two attached hydrogens (primary N) is 1. The summed E-state index contributed by atoms with van der Waals surface area (Å²) < 4.78 is 6.10. The number of rotatable bonds is 6. The van der Waals surface area contributed by atoms with Gasteiger partial charge in [-0.3, -0.25) is 9.69 Å². The Bertz CT molecular complexity index is 1190. The number of halogens is 2. The summed E-state index contributed by atoms with van der Waals surface area (Å²) in [5, 5.41) is 20.6. The van der Waals surface area contributed by atoms with E-state index in [0.29, 0.717) is 34.0 Å². The van der Waals surface area contributed by atoms with Crippen molar-refractivity contribution in [2.24, 2.45) is 5.10 Å². The summed E-state index contributed by atoms with van der Waals surface area (Å²) in [5.74, 6) is -0.291. The van der Waals surface area contributed by atoms with Crippen LogP contribution in [0.15, 0.2) is 27.9 Å². The maximum absolute atomic E-state index is 13.0. The molecule has 1 aromatic carbocycles. The van der Waals surface area contributed by atoms with Gasteiger partial charge in [0.25, 0.3) is 5.91 Å². The van der Waals surface area contributed by atoms with Crippen LogP contribution in [0.4, 0.5) is 5.82 Å². The predicted octanol–water partition coefficient (Wildman–Crippen LogP) is 3.07. The van der Waals surface area contributed by atoms with Crippen LogP contribution >= 0.6 is 23.2 Å². The summed E-state index contributed by atoms with van der Waals surface area (Å²) in [5.41, 5.74) is 10.3. The highest BCUT2D eigenvalue weighted by atomic mass is 35.5. The molecule has 0 saturated carbocycles. The highest BCUT2D eigenvalue weighted by molar-refractivity contribution is 6.42. The van der Waals surface area contributed by atoms with E-state index in [4.69, 9.17) is 33.6 Å². The number of carbonyl (C=O) groups is 1. The highest BCUT2D eigenvalue weighted by Crippen LogP contribution is 2.24.